The molecule has 0 aromatic heterocycles. The third-order valence-corrected chi connectivity index (χ3v) is 1.50. The van der Waals surface area contributed by atoms with Gasteiger partial charge in [0.25, 0.3) is 0 Å². The molecular weight excluding hydrogens is 126 g/mol. The molecule has 0 saturated carbocycles. The van der Waals surface area contributed by atoms with Crippen LogP contribution in [0, 0.1) is 0 Å². The monoisotopic (exact) mass is 136 g/mol. The largest absolute Gasteiger partial charge is 0.367 e. The fourth-order valence-corrected chi connectivity index (χ4v) is 0.950. The summed E-state index contributed by atoms with van der Waals surface area (Å²) < 4.78 is 24.8. The van der Waals surface area contributed by atoms with Gasteiger partial charge in [-0.05, 0) is 0 Å². The lowest BCUT2D eigenvalue weighted by atomic mass is 10.6. The molecule has 1 fully saturated rings. The average molecular weight is 136 g/mol. The molecule has 1 heterocycles. The fourth-order valence-electron chi connectivity index (χ4n) is 0.950. The molecule has 0 aromatic carbocycles. The molecule has 0 atom stereocenters. The summed E-state index contributed by atoms with van der Waals surface area (Å²) in [6.07, 6.45) is -2.76. The molecule has 0 aromatic rings. The van der Waals surface area contributed by atoms with Crippen molar-refractivity contribution in [1.82, 2.24) is 10.2 Å². The van der Waals surface area contributed by atoms with Gasteiger partial charge >= 0.3 is 6.17 Å². The van der Waals surface area contributed by atoms with Crippen LogP contribution < -0.4 is 5.32 Å². The molecule has 0 radical (unpaired) electrons. The van der Waals surface area contributed by atoms with Gasteiger partial charge in [-0.25, -0.2) is 10.2 Å². The minimum absolute atomic E-state index is 0.390. The van der Waals surface area contributed by atoms with Gasteiger partial charge in [0.05, 0.1) is 0 Å². The Morgan fingerprint density at radius 1 is 1.67 bits per heavy atom. The van der Waals surface area contributed by atoms with Crippen molar-refractivity contribution in [3.8, 4) is 0 Å². The number of nitrogens with one attached hydrogen (secondary N) is 1. The molecule has 4 heteroatoms. The van der Waals surface area contributed by atoms with E-state index in [0.29, 0.717) is 19.6 Å². The quantitative estimate of drug-likeness (QED) is 0.527. The summed E-state index contributed by atoms with van der Waals surface area (Å²) in [5, 5.41) is 2.09. The predicted molar refractivity (Wildman–Crippen MR) is 30.2 cm³/mol. The van der Waals surface area contributed by atoms with Crippen LogP contribution in [0.25, 0.3) is 0 Å². The number of halogens is 2. The summed E-state index contributed by atoms with van der Waals surface area (Å²) in [6, 6.07) is 0. The second kappa shape index (κ2) is 2.19. The molecule has 1 aliphatic rings. The Balaban J connectivity index is 2.52. The summed E-state index contributed by atoms with van der Waals surface area (Å²) in [7, 11) is 0. The zero-order valence-electron chi connectivity index (χ0n) is 5.32. The summed E-state index contributed by atoms with van der Waals surface area (Å²) in [5.74, 6) is 0. The maximum Gasteiger partial charge on any atom is 0.367 e. The molecule has 1 saturated heterocycles. The smallest absolute Gasteiger partial charge is 0.242 e. The standard InChI is InChI=1S/C5H10F2N2/c1-2-9-4-3-8-5(9,6)7/h8H,2-4H2,1H3. The van der Waals surface area contributed by atoms with Crippen molar-refractivity contribution in [3.63, 3.8) is 0 Å². The lowest BCUT2D eigenvalue weighted by Crippen LogP contribution is -2.42. The van der Waals surface area contributed by atoms with Gasteiger partial charge in [-0.2, -0.15) is 8.78 Å². The highest BCUT2D eigenvalue weighted by Crippen LogP contribution is 2.18. The highest BCUT2D eigenvalue weighted by atomic mass is 19.3. The van der Waals surface area contributed by atoms with E-state index in [1.165, 1.54) is 0 Å². The summed E-state index contributed by atoms with van der Waals surface area (Å²) in [5.41, 5.74) is 0. The van der Waals surface area contributed by atoms with E-state index in [2.05, 4.69) is 5.32 Å². The van der Waals surface area contributed by atoms with Crippen molar-refractivity contribution in [3.05, 3.63) is 0 Å². The minimum atomic E-state index is -2.76. The molecule has 1 rings (SSSR count). The van der Waals surface area contributed by atoms with E-state index < -0.39 is 6.17 Å². The van der Waals surface area contributed by atoms with Crippen molar-refractivity contribution >= 4 is 0 Å². The van der Waals surface area contributed by atoms with Crippen molar-refractivity contribution in [2.24, 2.45) is 0 Å². The number of nitrogens with zero attached hydrogens (tertiary/aromatic N) is 1. The Hall–Kier alpha value is -0.220. The zero-order valence-corrected chi connectivity index (χ0v) is 5.32. The van der Waals surface area contributed by atoms with Gasteiger partial charge < -0.3 is 0 Å². The lowest BCUT2D eigenvalue weighted by Gasteiger charge is -2.20. The summed E-state index contributed by atoms with van der Waals surface area (Å²) >= 11 is 0. The van der Waals surface area contributed by atoms with E-state index in [1.807, 2.05) is 0 Å². The Morgan fingerprint density at radius 3 is 2.56 bits per heavy atom. The first kappa shape index (κ1) is 6.89. The van der Waals surface area contributed by atoms with E-state index in [4.69, 9.17) is 0 Å². The van der Waals surface area contributed by atoms with E-state index in [-0.39, 0.29) is 0 Å². The number of rotatable bonds is 1. The van der Waals surface area contributed by atoms with Gasteiger partial charge in [0.15, 0.2) is 0 Å². The first-order valence-corrected chi connectivity index (χ1v) is 3.04. The second-order valence-corrected chi connectivity index (χ2v) is 2.05. The van der Waals surface area contributed by atoms with Crippen LogP contribution in [0.1, 0.15) is 6.92 Å². The van der Waals surface area contributed by atoms with Crippen LogP contribution in [0.4, 0.5) is 8.78 Å². The van der Waals surface area contributed by atoms with E-state index in [1.54, 1.807) is 6.92 Å². The molecule has 0 unspecified atom stereocenters. The fraction of sp³-hybridized carbons (Fsp3) is 1.00. The molecule has 0 bridgehead atoms. The van der Waals surface area contributed by atoms with Gasteiger partial charge in [0.1, 0.15) is 0 Å². The molecule has 1 N–H and O–H groups in total. The number of hydrogen-bond donors (Lipinski definition) is 1. The van der Waals surface area contributed by atoms with E-state index in [9.17, 15) is 8.78 Å². The SMILES string of the molecule is CCN1CCNC1(F)F. The molecule has 0 amide bonds. The first-order valence-electron chi connectivity index (χ1n) is 3.04. The average Bonchev–Trinajstić information content (AvgIpc) is 2.08. The second-order valence-electron chi connectivity index (χ2n) is 2.05. The van der Waals surface area contributed by atoms with Crippen molar-refractivity contribution < 1.29 is 8.78 Å². The van der Waals surface area contributed by atoms with Gasteiger partial charge in [0, 0.05) is 19.6 Å². The van der Waals surface area contributed by atoms with Gasteiger partial charge in [-0.1, -0.05) is 6.92 Å². The Morgan fingerprint density at radius 2 is 2.33 bits per heavy atom. The molecule has 54 valence electrons. The number of alkyl halides is 2. The maximum absolute atomic E-state index is 12.4. The predicted octanol–water partition coefficient (Wildman–Crippen LogP) is 0.462. The van der Waals surface area contributed by atoms with Crippen LogP contribution in [-0.2, 0) is 0 Å². The molecule has 0 spiro atoms. The first-order chi connectivity index (χ1) is 4.17. The lowest BCUT2D eigenvalue weighted by molar-refractivity contribution is -0.134. The zero-order chi connectivity index (χ0) is 6.91. The highest BCUT2D eigenvalue weighted by molar-refractivity contribution is 4.74. The molecule has 2 nitrogen and oxygen atoms in total. The van der Waals surface area contributed by atoms with Crippen molar-refractivity contribution in [2.45, 2.75) is 13.1 Å². The maximum atomic E-state index is 12.4. The van der Waals surface area contributed by atoms with Crippen LogP contribution in [0.2, 0.25) is 0 Å². The summed E-state index contributed by atoms with van der Waals surface area (Å²) in [6.45, 7) is 2.96. The molecule has 1 aliphatic heterocycles. The van der Waals surface area contributed by atoms with Crippen LogP contribution in [0.15, 0.2) is 0 Å². The normalized spacial score (nSPS) is 27.0. The van der Waals surface area contributed by atoms with Gasteiger partial charge in [-0.3, -0.25) is 0 Å². The van der Waals surface area contributed by atoms with Gasteiger partial charge in [-0.15, -0.1) is 0 Å². The number of hydrogen-bond acceptors (Lipinski definition) is 2. The molecule has 0 aliphatic carbocycles. The Kier molecular flexibility index (Phi) is 1.68. The highest BCUT2D eigenvalue weighted by Gasteiger charge is 2.39. The van der Waals surface area contributed by atoms with Crippen LogP contribution in [0.3, 0.4) is 0 Å². The summed E-state index contributed by atoms with van der Waals surface area (Å²) in [4.78, 5) is 1.10. The topological polar surface area (TPSA) is 15.3 Å². The Labute approximate surface area is 52.8 Å². The number of likely N-dealkylation sites (N-methyl/N-ethyl adjacent to an activating group) is 1. The van der Waals surface area contributed by atoms with E-state index >= 15 is 0 Å². The Bertz CT molecular complexity index is 105. The van der Waals surface area contributed by atoms with Crippen LogP contribution in [-0.4, -0.2) is 30.7 Å². The molecular formula is C5H10F2N2. The third kappa shape index (κ3) is 1.19. The van der Waals surface area contributed by atoms with E-state index in [0.717, 1.165) is 4.90 Å². The minimum Gasteiger partial charge on any atom is -0.242 e. The van der Waals surface area contributed by atoms with Crippen LogP contribution >= 0.6 is 0 Å². The van der Waals surface area contributed by atoms with Crippen molar-refractivity contribution in [1.29, 1.82) is 0 Å². The third-order valence-electron chi connectivity index (χ3n) is 1.50. The molecule has 9 heavy (non-hydrogen) atoms. The van der Waals surface area contributed by atoms with Gasteiger partial charge in [0.2, 0.25) is 0 Å². The van der Waals surface area contributed by atoms with Crippen molar-refractivity contribution in [2.75, 3.05) is 19.6 Å². The van der Waals surface area contributed by atoms with Crippen LogP contribution in [0.5, 0.6) is 0 Å².